The Morgan fingerprint density at radius 1 is 1.32 bits per heavy atom. The third kappa shape index (κ3) is 4.68. The summed E-state index contributed by atoms with van der Waals surface area (Å²) in [4.78, 5) is 14.2. The van der Waals surface area contributed by atoms with Crippen molar-refractivity contribution in [2.24, 2.45) is 5.92 Å². The number of likely N-dealkylation sites (N-methyl/N-ethyl adjacent to an activating group) is 1. The molecule has 0 unspecified atom stereocenters. The summed E-state index contributed by atoms with van der Waals surface area (Å²) < 4.78 is 12.9. The van der Waals surface area contributed by atoms with E-state index in [1.54, 1.807) is 22.7 Å². The van der Waals surface area contributed by atoms with Crippen molar-refractivity contribution >= 4 is 23.6 Å². The topological polar surface area (TPSA) is 56.6 Å². The van der Waals surface area contributed by atoms with E-state index < -0.39 is 0 Å². The summed E-state index contributed by atoms with van der Waals surface area (Å²) in [5, 5.41) is 5.02. The summed E-state index contributed by atoms with van der Waals surface area (Å²) in [5.74, 6) is 1.79. The van der Waals surface area contributed by atoms with Crippen LogP contribution in [0.4, 0.5) is 0 Å². The molecule has 2 aromatic rings. The van der Waals surface area contributed by atoms with Crippen LogP contribution in [0.3, 0.4) is 0 Å². The Morgan fingerprint density at radius 3 is 2.75 bits per heavy atom. The summed E-state index contributed by atoms with van der Waals surface area (Å²) in [7, 11) is 1.76. The van der Waals surface area contributed by atoms with Crippen LogP contribution in [-0.4, -0.2) is 40.8 Å². The molecule has 1 aliphatic rings. The van der Waals surface area contributed by atoms with Gasteiger partial charge in [-0.25, -0.2) is 0 Å². The van der Waals surface area contributed by atoms with Crippen LogP contribution in [-0.2, 0) is 17.9 Å². The van der Waals surface area contributed by atoms with Crippen molar-refractivity contribution in [1.29, 1.82) is 0 Å². The first-order valence-corrected chi connectivity index (χ1v) is 9.77. The maximum absolute atomic E-state index is 12.5. The number of benzene rings is 1. The van der Waals surface area contributed by atoms with Crippen LogP contribution in [0.2, 0.25) is 5.15 Å². The van der Waals surface area contributed by atoms with Crippen molar-refractivity contribution in [3.8, 4) is 11.5 Å². The molecule has 0 spiro atoms. The highest BCUT2D eigenvalue weighted by atomic mass is 35.5. The van der Waals surface area contributed by atoms with Crippen LogP contribution in [0.15, 0.2) is 24.3 Å². The molecule has 7 heteroatoms. The van der Waals surface area contributed by atoms with Gasteiger partial charge in [0.25, 0.3) is 0 Å². The van der Waals surface area contributed by atoms with Crippen molar-refractivity contribution in [3.63, 3.8) is 0 Å². The third-order valence-electron chi connectivity index (χ3n) is 4.44. The normalized spacial score (nSPS) is 13.4. The number of fused-ring (bicyclic) bond motifs is 1. The number of rotatable bonds is 6. The van der Waals surface area contributed by atoms with Crippen LogP contribution in [0.25, 0.3) is 6.08 Å². The Labute approximate surface area is 170 Å². The molecule has 0 aliphatic carbocycles. The van der Waals surface area contributed by atoms with E-state index >= 15 is 0 Å². The van der Waals surface area contributed by atoms with Gasteiger partial charge in [0.15, 0.2) is 11.5 Å². The van der Waals surface area contributed by atoms with Gasteiger partial charge < -0.3 is 14.4 Å². The number of ether oxygens (including phenoxy) is 2. The van der Waals surface area contributed by atoms with Gasteiger partial charge >= 0.3 is 0 Å². The van der Waals surface area contributed by atoms with Crippen LogP contribution >= 0.6 is 11.6 Å². The zero-order chi connectivity index (χ0) is 20.3. The number of aromatic nitrogens is 2. The second kappa shape index (κ2) is 8.69. The van der Waals surface area contributed by atoms with E-state index in [1.165, 1.54) is 6.08 Å². The molecule has 6 nitrogen and oxygen atoms in total. The molecule has 0 saturated carbocycles. The molecule has 0 N–H and O–H groups in total. The van der Waals surface area contributed by atoms with Gasteiger partial charge in [-0.1, -0.05) is 31.5 Å². The lowest BCUT2D eigenvalue weighted by Gasteiger charge is -2.20. The first kappa shape index (κ1) is 20.3. The largest absolute Gasteiger partial charge is 0.486 e. The lowest BCUT2D eigenvalue weighted by molar-refractivity contribution is -0.125. The summed E-state index contributed by atoms with van der Waals surface area (Å²) >= 11 is 6.43. The number of hydrogen-bond donors (Lipinski definition) is 0. The summed E-state index contributed by atoms with van der Waals surface area (Å²) in [6, 6.07) is 5.74. The standard InChI is InChI=1S/C21H26ClN3O3/c1-14(2)12-25-21(22)17(15(3)23-25)6-8-20(26)24(4)13-16-5-7-18-19(11-16)28-10-9-27-18/h5-8,11,14H,9-10,12-13H2,1-4H3. The highest BCUT2D eigenvalue weighted by molar-refractivity contribution is 6.31. The number of nitrogens with zero attached hydrogens (tertiary/aromatic N) is 3. The predicted molar refractivity (Wildman–Crippen MR) is 110 cm³/mol. The number of carbonyl (C=O) groups is 1. The average molecular weight is 404 g/mol. The fraction of sp³-hybridized carbons (Fsp3) is 0.429. The first-order chi connectivity index (χ1) is 13.3. The minimum absolute atomic E-state index is 0.109. The summed E-state index contributed by atoms with van der Waals surface area (Å²) in [6.07, 6.45) is 3.28. The van der Waals surface area contributed by atoms with Crippen molar-refractivity contribution in [3.05, 3.63) is 46.2 Å². The minimum Gasteiger partial charge on any atom is -0.486 e. The van der Waals surface area contributed by atoms with E-state index in [-0.39, 0.29) is 5.91 Å². The molecule has 0 radical (unpaired) electrons. The van der Waals surface area contributed by atoms with E-state index in [0.29, 0.717) is 30.8 Å². The van der Waals surface area contributed by atoms with Gasteiger partial charge in [-0.15, -0.1) is 0 Å². The number of aryl methyl sites for hydroxylation is 1. The number of carbonyl (C=O) groups excluding carboxylic acids is 1. The zero-order valence-corrected chi connectivity index (χ0v) is 17.5. The molecular weight excluding hydrogens is 378 g/mol. The quantitative estimate of drug-likeness (QED) is 0.685. The molecule has 0 bridgehead atoms. The molecule has 28 heavy (non-hydrogen) atoms. The fourth-order valence-electron chi connectivity index (χ4n) is 3.04. The molecule has 1 aliphatic heterocycles. The fourth-order valence-corrected chi connectivity index (χ4v) is 3.35. The van der Waals surface area contributed by atoms with Gasteiger partial charge in [0.2, 0.25) is 5.91 Å². The van der Waals surface area contributed by atoms with Crippen molar-refractivity contribution in [2.75, 3.05) is 20.3 Å². The minimum atomic E-state index is -0.109. The third-order valence-corrected chi connectivity index (χ3v) is 4.84. The maximum atomic E-state index is 12.5. The summed E-state index contributed by atoms with van der Waals surface area (Å²) in [5.41, 5.74) is 2.57. The highest BCUT2D eigenvalue weighted by Crippen LogP contribution is 2.31. The van der Waals surface area contributed by atoms with E-state index in [1.807, 2.05) is 25.1 Å². The average Bonchev–Trinajstić information content (AvgIpc) is 2.92. The Bertz CT molecular complexity index is 889. The van der Waals surface area contributed by atoms with Gasteiger partial charge in [-0.3, -0.25) is 9.48 Å². The first-order valence-electron chi connectivity index (χ1n) is 9.39. The van der Waals surface area contributed by atoms with Gasteiger partial charge in [0.05, 0.1) is 5.69 Å². The van der Waals surface area contributed by atoms with E-state index in [9.17, 15) is 4.79 Å². The molecule has 150 valence electrons. The molecule has 1 amide bonds. The predicted octanol–water partition coefficient (Wildman–Crippen LogP) is 3.94. The smallest absolute Gasteiger partial charge is 0.246 e. The van der Waals surface area contributed by atoms with Crippen LogP contribution < -0.4 is 9.47 Å². The van der Waals surface area contributed by atoms with Gasteiger partial charge in [-0.2, -0.15) is 5.10 Å². The Hall–Kier alpha value is -2.47. The van der Waals surface area contributed by atoms with Crippen molar-refractivity contribution in [1.82, 2.24) is 14.7 Å². The molecule has 1 aromatic heterocycles. The Balaban J connectivity index is 1.67. The van der Waals surface area contributed by atoms with Crippen LogP contribution in [0, 0.1) is 12.8 Å². The summed E-state index contributed by atoms with van der Waals surface area (Å²) in [6.45, 7) is 8.43. The van der Waals surface area contributed by atoms with Gasteiger partial charge in [-0.05, 0) is 36.6 Å². The van der Waals surface area contributed by atoms with Crippen LogP contribution in [0.5, 0.6) is 11.5 Å². The Kier molecular flexibility index (Phi) is 6.29. The molecule has 0 saturated heterocycles. The molecule has 0 fully saturated rings. The molecule has 3 rings (SSSR count). The number of halogens is 1. The molecule has 0 atom stereocenters. The van der Waals surface area contributed by atoms with E-state index in [4.69, 9.17) is 21.1 Å². The van der Waals surface area contributed by atoms with Gasteiger partial charge in [0.1, 0.15) is 18.4 Å². The number of amides is 1. The van der Waals surface area contributed by atoms with Crippen LogP contribution in [0.1, 0.15) is 30.7 Å². The number of hydrogen-bond acceptors (Lipinski definition) is 4. The zero-order valence-electron chi connectivity index (χ0n) is 16.7. The monoisotopic (exact) mass is 403 g/mol. The van der Waals surface area contributed by atoms with E-state index in [2.05, 4.69) is 18.9 Å². The van der Waals surface area contributed by atoms with Crippen molar-refractivity contribution in [2.45, 2.75) is 33.9 Å². The second-order valence-electron chi connectivity index (χ2n) is 7.37. The second-order valence-corrected chi connectivity index (χ2v) is 7.73. The van der Waals surface area contributed by atoms with Crippen molar-refractivity contribution < 1.29 is 14.3 Å². The molecule has 1 aromatic carbocycles. The SMILES string of the molecule is Cc1nn(CC(C)C)c(Cl)c1C=CC(=O)N(C)Cc1ccc2c(c1)OCCO2. The van der Waals surface area contributed by atoms with Gasteiger partial charge in [0, 0.05) is 31.8 Å². The maximum Gasteiger partial charge on any atom is 0.246 e. The molecule has 2 heterocycles. The Morgan fingerprint density at radius 2 is 2.04 bits per heavy atom. The lowest BCUT2D eigenvalue weighted by atomic mass is 10.1. The molecular formula is C21H26ClN3O3. The highest BCUT2D eigenvalue weighted by Gasteiger charge is 2.15. The lowest BCUT2D eigenvalue weighted by Crippen LogP contribution is -2.24. The van der Waals surface area contributed by atoms with E-state index in [0.717, 1.165) is 34.9 Å².